The summed E-state index contributed by atoms with van der Waals surface area (Å²) < 4.78 is 5.63. The van der Waals surface area contributed by atoms with Gasteiger partial charge in [-0.25, -0.2) is 0 Å². The second-order valence-electron chi connectivity index (χ2n) is 9.42. The van der Waals surface area contributed by atoms with Crippen LogP contribution in [0.2, 0.25) is 0 Å². The summed E-state index contributed by atoms with van der Waals surface area (Å²) in [7, 11) is 0. The highest BCUT2D eigenvalue weighted by Crippen LogP contribution is 2.33. The molecule has 0 unspecified atom stereocenters. The highest BCUT2D eigenvalue weighted by molar-refractivity contribution is 6.04. The molecule has 0 bridgehead atoms. The van der Waals surface area contributed by atoms with E-state index >= 15 is 0 Å². The average molecular weight is 478 g/mol. The highest BCUT2D eigenvalue weighted by atomic mass is 16.3. The molecular formula is C30H27N3O3. The van der Waals surface area contributed by atoms with Gasteiger partial charge in [-0.05, 0) is 60.2 Å². The van der Waals surface area contributed by atoms with Crippen LogP contribution in [0.1, 0.15) is 40.4 Å². The number of furan rings is 1. The lowest BCUT2D eigenvalue weighted by Crippen LogP contribution is -2.38. The number of rotatable bonds is 5. The fourth-order valence-corrected chi connectivity index (χ4v) is 5.15. The zero-order valence-corrected chi connectivity index (χ0v) is 19.9. The molecule has 5 aromatic rings. The van der Waals surface area contributed by atoms with Gasteiger partial charge in [0.25, 0.3) is 5.91 Å². The number of amides is 2. The molecule has 2 aromatic heterocycles. The number of hydrogen-bond donors (Lipinski definition) is 2. The Labute approximate surface area is 208 Å². The second kappa shape index (κ2) is 9.38. The lowest BCUT2D eigenvalue weighted by atomic mass is 9.89. The number of anilines is 1. The molecular weight excluding hydrogens is 450 g/mol. The number of carbonyl (C=O) groups excluding carboxylic acids is 2. The molecule has 2 N–H and O–H groups in total. The third-order valence-electron chi connectivity index (χ3n) is 7.13. The Morgan fingerprint density at radius 3 is 2.50 bits per heavy atom. The topological polar surface area (TPSA) is 78.3 Å². The Kier molecular flexibility index (Phi) is 5.77. The van der Waals surface area contributed by atoms with Crippen LogP contribution >= 0.6 is 0 Å². The predicted molar refractivity (Wildman–Crippen MR) is 141 cm³/mol. The minimum absolute atomic E-state index is 0.145. The van der Waals surface area contributed by atoms with Crippen molar-refractivity contribution in [1.29, 1.82) is 0 Å². The Morgan fingerprint density at radius 2 is 1.69 bits per heavy atom. The number of H-pyrrole nitrogens is 1. The van der Waals surface area contributed by atoms with Gasteiger partial charge in [0.15, 0.2) is 5.76 Å². The summed E-state index contributed by atoms with van der Waals surface area (Å²) in [6.07, 6.45) is 4.43. The number of nitrogens with one attached hydrogen (secondary N) is 2. The number of aromatic nitrogens is 1. The van der Waals surface area contributed by atoms with Crippen LogP contribution in [0.25, 0.3) is 21.9 Å². The van der Waals surface area contributed by atoms with Gasteiger partial charge in [0.05, 0.1) is 6.42 Å². The van der Waals surface area contributed by atoms with Gasteiger partial charge >= 0.3 is 0 Å². The first kappa shape index (κ1) is 22.2. The molecule has 3 aromatic carbocycles. The number of aromatic amines is 1. The molecule has 0 saturated carbocycles. The summed E-state index contributed by atoms with van der Waals surface area (Å²) in [5, 5.41) is 5.04. The van der Waals surface area contributed by atoms with Crippen molar-refractivity contribution < 1.29 is 14.0 Å². The van der Waals surface area contributed by atoms with E-state index < -0.39 is 0 Å². The van der Waals surface area contributed by atoms with Crippen LogP contribution in [0.4, 0.5) is 5.69 Å². The Balaban J connectivity index is 1.03. The normalized spacial score (nSPS) is 14.4. The maximum Gasteiger partial charge on any atom is 0.291 e. The van der Waals surface area contributed by atoms with Crippen LogP contribution in [-0.4, -0.2) is 34.8 Å². The number of hydrogen-bond acceptors (Lipinski definition) is 3. The van der Waals surface area contributed by atoms with Crippen molar-refractivity contribution in [2.75, 3.05) is 18.4 Å². The second-order valence-corrected chi connectivity index (χ2v) is 9.42. The molecule has 36 heavy (non-hydrogen) atoms. The van der Waals surface area contributed by atoms with Gasteiger partial charge in [-0.1, -0.05) is 48.5 Å². The van der Waals surface area contributed by atoms with Crippen molar-refractivity contribution in [1.82, 2.24) is 9.88 Å². The lowest BCUT2D eigenvalue weighted by molar-refractivity contribution is -0.131. The van der Waals surface area contributed by atoms with Crippen molar-refractivity contribution in [2.45, 2.75) is 25.2 Å². The Hall–Kier alpha value is -4.32. The third-order valence-corrected chi connectivity index (χ3v) is 7.13. The van der Waals surface area contributed by atoms with Gasteiger partial charge in [-0.2, -0.15) is 0 Å². The number of likely N-dealkylation sites (tertiary alicyclic amines) is 1. The van der Waals surface area contributed by atoms with Crippen molar-refractivity contribution >= 4 is 39.4 Å². The first-order valence-electron chi connectivity index (χ1n) is 12.4. The molecule has 2 amide bonds. The third kappa shape index (κ3) is 4.38. The molecule has 0 spiro atoms. The first-order chi connectivity index (χ1) is 17.6. The molecule has 0 atom stereocenters. The van der Waals surface area contributed by atoms with Gasteiger partial charge in [-0.3, -0.25) is 9.59 Å². The number of carbonyl (C=O) groups is 2. The van der Waals surface area contributed by atoms with Gasteiger partial charge in [0.2, 0.25) is 5.91 Å². The number of benzene rings is 3. The van der Waals surface area contributed by atoms with E-state index in [-0.39, 0.29) is 17.6 Å². The molecule has 0 aliphatic carbocycles. The predicted octanol–water partition coefficient (Wildman–Crippen LogP) is 6.12. The van der Waals surface area contributed by atoms with Crippen LogP contribution in [0, 0.1) is 0 Å². The van der Waals surface area contributed by atoms with E-state index in [0.29, 0.717) is 23.6 Å². The molecule has 6 nitrogen and oxygen atoms in total. The van der Waals surface area contributed by atoms with E-state index in [4.69, 9.17) is 4.42 Å². The summed E-state index contributed by atoms with van der Waals surface area (Å²) >= 11 is 0. The summed E-state index contributed by atoms with van der Waals surface area (Å²) in [5.74, 6) is 0.589. The van der Waals surface area contributed by atoms with Crippen LogP contribution in [0.15, 0.2) is 89.5 Å². The van der Waals surface area contributed by atoms with Crippen LogP contribution in [0.3, 0.4) is 0 Å². The number of nitrogens with zero attached hydrogens (tertiary/aromatic N) is 1. The average Bonchev–Trinajstić information content (AvgIpc) is 3.55. The molecule has 6 heteroatoms. The minimum Gasteiger partial charge on any atom is -0.451 e. The van der Waals surface area contributed by atoms with E-state index in [1.807, 2.05) is 59.5 Å². The fourth-order valence-electron chi connectivity index (χ4n) is 5.15. The molecule has 1 saturated heterocycles. The monoisotopic (exact) mass is 477 g/mol. The summed E-state index contributed by atoms with van der Waals surface area (Å²) in [4.78, 5) is 30.9. The molecule has 0 radical (unpaired) electrons. The minimum atomic E-state index is -0.298. The van der Waals surface area contributed by atoms with Crippen LogP contribution in [0.5, 0.6) is 0 Å². The van der Waals surface area contributed by atoms with Crippen molar-refractivity contribution in [2.24, 2.45) is 0 Å². The number of piperidine rings is 1. The lowest BCUT2D eigenvalue weighted by Gasteiger charge is -2.32. The maximum atomic E-state index is 12.9. The van der Waals surface area contributed by atoms with E-state index in [1.54, 1.807) is 6.07 Å². The summed E-state index contributed by atoms with van der Waals surface area (Å²) in [5.41, 5.74) is 4.81. The van der Waals surface area contributed by atoms with Crippen LogP contribution in [-0.2, 0) is 11.2 Å². The molecule has 6 rings (SSSR count). The maximum absolute atomic E-state index is 12.9. The van der Waals surface area contributed by atoms with Gasteiger partial charge in [0, 0.05) is 41.3 Å². The molecule has 3 heterocycles. The highest BCUT2D eigenvalue weighted by Gasteiger charge is 2.25. The quantitative estimate of drug-likeness (QED) is 0.320. The zero-order chi connectivity index (χ0) is 24.5. The fraction of sp³-hybridized carbons (Fsp3) is 0.200. The van der Waals surface area contributed by atoms with Crippen LogP contribution < -0.4 is 5.32 Å². The first-order valence-corrected chi connectivity index (χ1v) is 12.4. The zero-order valence-electron chi connectivity index (χ0n) is 19.9. The molecule has 1 aliphatic rings. The van der Waals surface area contributed by atoms with E-state index in [9.17, 15) is 9.59 Å². The standard InChI is InChI=1S/C30H27N3O3/c34-29(33-15-13-21(14-16-33)25-19-31-26-7-3-2-6-24(25)26)17-20-9-11-23(12-10-20)32-30(35)28-18-22-5-1-4-8-27(22)36-28/h1-12,18-19,21,31H,13-17H2,(H,32,35). The Bertz CT molecular complexity index is 1510. The van der Waals surface area contributed by atoms with Gasteiger partial charge in [-0.15, -0.1) is 0 Å². The smallest absolute Gasteiger partial charge is 0.291 e. The van der Waals surface area contributed by atoms with Gasteiger partial charge < -0.3 is 19.6 Å². The molecule has 180 valence electrons. The number of fused-ring (bicyclic) bond motifs is 2. The van der Waals surface area contributed by atoms with E-state index in [1.165, 1.54) is 16.5 Å². The van der Waals surface area contributed by atoms with E-state index in [2.05, 4.69) is 34.7 Å². The van der Waals surface area contributed by atoms with Crippen molar-refractivity contribution in [3.05, 3.63) is 102 Å². The molecule has 1 aliphatic heterocycles. The molecule has 1 fully saturated rings. The Morgan fingerprint density at radius 1 is 0.944 bits per heavy atom. The SMILES string of the molecule is O=C(Nc1ccc(CC(=O)N2CCC(c3c[nH]c4ccccc34)CC2)cc1)c1cc2ccccc2o1. The van der Waals surface area contributed by atoms with Crippen molar-refractivity contribution in [3.8, 4) is 0 Å². The number of para-hydroxylation sites is 2. The van der Waals surface area contributed by atoms with Crippen molar-refractivity contribution in [3.63, 3.8) is 0 Å². The summed E-state index contributed by atoms with van der Waals surface area (Å²) in [6.45, 7) is 1.54. The van der Waals surface area contributed by atoms with Gasteiger partial charge in [0.1, 0.15) is 5.58 Å². The summed E-state index contributed by atoms with van der Waals surface area (Å²) in [6, 6.07) is 25.1. The largest absolute Gasteiger partial charge is 0.451 e. The van der Waals surface area contributed by atoms with E-state index in [0.717, 1.165) is 36.9 Å².